The second kappa shape index (κ2) is 4.89. The molecular formula is C9H11F2NO. The van der Waals surface area contributed by atoms with Crippen LogP contribution in [0.5, 0.6) is 0 Å². The summed E-state index contributed by atoms with van der Waals surface area (Å²) >= 11 is 0. The zero-order chi connectivity index (χ0) is 9.68. The van der Waals surface area contributed by atoms with Crippen LogP contribution in [0.3, 0.4) is 0 Å². The van der Waals surface area contributed by atoms with Gasteiger partial charge in [-0.2, -0.15) is 5.48 Å². The van der Waals surface area contributed by atoms with E-state index in [-0.39, 0.29) is 5.56 Å². The van der Waals surface area contributed by atoms with Crippen LogP contribution in [0, 0.1) is 0 Å². The summed E-state index contributed by atoms with van der Waals surface area (Å²) in [5.41, 5.74) is 3.58. The molecule has 13 heavy (non-hydrogen) atoms. The van der Waals surface area contributed by atoms with Gasteiger partial charge in [0, 0.05) is 12.1 Å². The van der Waals surface area contributed by atoms with Crippen molar-refractivity contribution >= 4 is 0 Å². The molecule has 0 spiro atoms. The second-order valence-corrected chi connectivity index (χ2v) is 2.57. The first-order chi connectivity index (χ1) is 6.24. The van der Waals surface area contributed by atoms with Crippen molar-refractivity contribution in [3.63, 3.8) is 0 Å². The Hall–Kier alpha value is -1.00. The van der Waals surface area contributed by atoms with Gasteiger partial charge in [-0.1, -0.05) is 24.3 Å². The van der Waals surface area contributed by atoms with Gasteiger partial charge in [-0.25, -0.2) is 8.78 Å². The van der Waals surface area contributed by atoms with Gasteiger partial charge in [-0.05, 0) is 5.56 Å². The summed E-state index contributed by atoms with van der Waals surface area (Å²) in [7, 11) is 1.51. The molecule has 2 nitrogen and oxygen atoms in total. The normalized spacial score (nSPS) is 10.8. The van der Waals surface area contributed by atoms with E-state index >= 15 is 0 Å². The molecule has 0 saturated heterocycles. The average Bonchev–Trinajstić information content (AvgIpc) is 2.15. The number of alkyl halides is 2. The third-order valence-corrected chi connectivity index (χ3v) is 1.65. The molecule has 0 unspecified atom stereocenters. The fourth-order valence-electron chi connectivity index (χ4n) is 0.936. The van der Waals surface area contributed by atoms with Crippen molar-refractivity contribution in [1.29, 1.82) is 0 Å². The zero-order valence-electron chi connectivity index (χ0n) is 7.26. The third-order valence-electron chi connectivity index (χ3n) is 1.65. The second-order valence-electron chi connectivity index (χ2n) is 2.57. The molecule has 1 N–H and O–H groups in total. The predicted molar refractivity (Wildman–Crippen MR) is 45.2 cm³/mol. The lowest BCUT2D eigenvalue weighted by molar-refractivity contribution is 0.0867. The van der Waals surface area contributed by atoms with Crippen molar-refractivity contribution in [1.82, 2.24) is 5.48 Å². The van der Waals surface area contributed by atoms with E-state index in [1.165, 1.54) is 19.2 Å². The van der Waals surface area contributed by atoms with Crippen LogP contribution in [0.1, 0.15) is 17.6 Å². The van der Waals surface area contributed by atoms with Crippen molar-refractivity contribution in [3.05, 3.63) is 35.4 Å². The number of nitrogens with one attached hydrogen (secondary N) is 1. The predicted octanol–water partition coefficient (Wildman–Crippen LogP) is 2.28. The van der Waals surface area contributed by atoms with Gasteiger partial charge in [0.25, 0.3) is 6.43 Å². The maximum absolute atomic E-state index is 12.1. The van der Waals surface area contributed by atoms with Gasteiger partial charge >= 0.3 is 0 Å². The number of hydrogen-bond donors (Lipinski definition) is 1. The van der Waals surface area contributed by atoms with Gasteiger partial charge in [0.2, 0.25) is 0 Å². The Labute approximate surface area is 75.5 Å². The minimum Gasteiger partial charge on any atom is -0.305 e. The summed E-state index contributed by atoms with van der Waals surface area (Å²) in [4.78, 5) is 4.63. The van der Waals surface area contributed by atoms with Gasteiger partial charge in [0.15, 0.2) is 0 Å². The topological polar surface area (TPSA) is 21.3 Å². The first kappa shape index (κ1) is 10.1. The Morgan fingerprint density at radius 2 is 1.92 bits per heavy atom. The SMILES string of the molecule is CONCc1ccc(C(F)F)cc1. The monoisotopic (exact) mass is 187 g/mol. The molecule has 1 rings (SSSR count). The molecule has 0 fully saturated rings. The summed E-state index contributed by atoms with van der Waals surface area (Å²) < 4.78 is 24.2. The minimum atomic E-state index is -2.40. The highest BCUT2D eigenvalue weighted by atomic mass is 19.3. The maximum atomic E-state index is 12.1. The van der Waals surface area contributed by atoms with E-state index in [1.54, 1.807) is 12.1 Å². The number of rotatable bonds is 4. The Bertz CT molecular complexity index is 248. The van der Waals surface area contributed by atoms with Gasteiger partial charge in [-0.15, -0.1) is 0 Å². The van der Waals surface area contributed by atoms with Crippen molar-refractivity contribution < 1.29 is 13.6 Å². The zero-order valence-corrected chi connectivity index (χ0v) is 7.26. The maximum Gasteiger partial charge on any atom is 0.263 e. The molecule has 0 aliphatic rings. The molecular weight excluding hydrogens is 176 g/mol. The smallest absolute Gasteiger partial charge is 0.263 e. The van der Waals surface area contributed by atoms with Crippen molar-refractivity contribution in [3.8, 4) is 0 Å². The first-order valence-corrected chi connectivity index (χ1v) is 3.87. The van der Waals surface area contributed by atoms with Gasteiger partial charge in [0.1, 0.15) is 0 Å². The largest absolute Gasteiger partial charge is 0.305 e. The summed E-state index contributed by atoms with van der Waals surface area (Å²) in [5, 5.41) is 0. The van der Waals surface area contributed by atoms with E-state index in [9.17, 15) is 8.78 Å². The molecule has 0 radical (unpaired) electrons. The lowest BCUT2D eigenvalue weighted by atomic mass is 10.1. The van der Waals surface area contributed by atoms with E-state index in [2.05, 4.69) is 10.3 Å². The lowest BCUT2D eigenvalue weighted by Gasteiger charge is -2.03. The highest BCUT2D eigenvalue weighted by molar-refractivity contribution is 5.22. The molecule has 0 aromatic heterocycles. The lowest BCUT2D eigenvalue weighted by Crippen LogP contribution is -2.10. The molecule has 0 amide bonds. The summed E-state index contributed by atoms with van der Waals surface area (Å²) in [6.07, 6.45) is -2.40. The van der Waals surface area contributed by atoms with Gasteiger partial charge in [0.05, 0.1) is 7.11 Å². The fourth-order valence-corrected chi connectivity index (χ4v) is 0.936. The summed E-state index contributed by atoms with van der Waals surface area (Å²) in [6, 6.07) is 6.12. The molecule has 0 atom stereocenters. The van der Waals surface area contributed by atoms with Crippen molar-refractivity contribution in [2.75, 3.05) is 7.11 Å². The molecule has 0 aliphatic heterocycles. The van der Waals surface area contributed by atoms with Crippen LogP contribution < -0.4 is 5.48 Å². The first-order valence-electron chi connectivity index (χ1n) is 3.87. The molecule has 72 valence electrons. The molecule has 1 aromatic carbocycles. The molecule has 0 heterocycles. The van der Waals surface area contributed by atoms with E-state index in [4.69, 9.17) is 0 Å². The van der Waals surface area contributed by atoms with E-state index in [0.29, 0.717) is 6.54 Å². The van der Waals surface area contributed by atoms with Crippen molar-refractivity contribution in [2.24, 2.45) is 0 Å². The molecule has 0 saturated carbocycles. The quantitative estimate of drug-likeness (QED) is 0.730. The van der Waals surface area contributed by atoms with Crippen LogP contribution in [0.25, 0.3) is 0 Å². The average molecular weight is 187 g/mol. The van der Waals surface area contributed by atoms with E-state index in [1.807, 2.05) is 0 Å². The molecule has 4 heteroatoms. The Balaban J connectivity index is 2.59. The minimum absolute atomic E-state index is 0.0427. The standard InChI is InChI=1S/C9H11F2NO/c1-13-12-6-7-2-4-8(5-3-7)9(10)11/h2-5,9,12H,6H2,1H3. The van der Waals surface area contributed by atoms with Gasteiger partial charge < -0.3 is 4.84 Å². The Morgan fingerprint density at radius 1 is 1.31 bits per heavy atom. The highest BCUT2D eigenvalue weighted by Gasteiger charge is 2.05. The van der Waals surface area contributed by atoms with Crippen molar-refractivity contribution in [2.45, 2.75) is 13.0 Å². The highest BCUT2D eigenvalue weighted by Crippen LogP contribution is 2.18. The van der Waals surface area contributed by atoms with Crippen LogP contribution in [-0.2, 0) is 11.4 Å². The van der Waals surface area contributed by atoms with Crippen LogP contribution in [0.4, 0.5) is 8.78 Å². The molecule has 1 aromatic rings. The molecule has 0 bridgehead atoms. The Kier molecular flexibility index (Phi) is 3.79. The number of benzene rings is 1. The summed E-state index contributed by atoms with van der Waals surface area (Å²) in [6.45, 7) is 0.514. The number of halogens is 2. The Morgan fingerprint density at radius 3 is 2.38 bits per heavy atom. The molecule has 0 aliphatic carbocycles. The van der Waals surface area contributed by atoms with E-state index in [0.717, 1.165) is 5.56 Å². The van der Waals surface area contributed by atoms with E-state index < -0.39 is 6.43 Å². The summed E-state index contributed by atoms with van der Waals surface area (Å²) in [5.74, 6) is 0. The van der Waals surface area contributed by atoms with Crippen LogP contribution in [0.2, 0.25) is 0 Å². The van der Waals surface area contributed by atoms with Gasteiger partial charge in [-0.3, -0.25) is 0 Å². The van der Waals surface area contributed by atoms with Crippen LogP contribution in [-0.4, -0.2) is 7.11 Å². The number of hydrogen-bond acceptors (Lipinski definition) is 2. The fraction of sp³-hybridized carbons (Fsp3) is 0.333. The van der Waals surface area contributed by atoms with Crippen LogP contribution in [0.15, 0.2) is 24.3 Å². The third kappa shape index (κ3) is 3.08. The number of hydroxylamine groups is 1. The van der Waals surface area contributed by atoms with Crippen LogP contribution >= 0.6 is 0 Å².